The molecule has 3 heteroatoms. The summed E-state index contributed by atoms with van der Waals surface area (Å²) in [5.41, 5.74) is 2.26. The number of fused-ring (bicyclic) bond motifs is 1. The SMILES string of the molecule is COc1cccc(/C=C(/C#N)c2ccc3ccccc3c2)c1OC. The Morgan fingerprint density at radius 2 is 1.71 bits per heavy atom. The molecule has 0 heterocycles. The zero-order chi connectivity index (χ0) is 16.9. The number of benzene rings is 3. The molecular formula is C21H17NO2. The van der Waals surface area contributed by atoms with Crippen LogP contribution in [0.4, 0.5) is 0 Å². The molecule has 0 unspecified atom stereocenters. The summed E-state index contributed by atoms with van der Waals surface area (Å²) in [5.74, 6) is 1.26. The first-order valence-corrected chi connectivity index (χ1v) is 7.59. The molecule has 0 radical (unpaired) electrons. The van der Waals surface area contributed by atoms with Crippen LogP contribution in [-0.2, 0) is 0 Å². The molecule has 3 aromatic carbocycles. The molecule has 24 heavy (non-hydrogen) atoms. The maximum absolute atomic E-state index is 9.61. The van der Waals surface area contributed by atoms with Gasteiger partial charge in [-0.15, -0.1) is 0 Å². The quantitative estimate of drug-likeness (QED) is 0.507. The van der Waals surface area contributed by atoms with Crippen molar-refractivity contribution in [2.24, 2.45) is 0 Å². The van der Waals surface area contributed by atoms with Gasteiger partial charge in [0.25, 0.3) is 0 Å². The van der Waals surface area contributed by atoms with Crippen LogP contribution in [0.5, 0.6) is 11.5 Å². The molecule has 3 aromatic rings. The number of methoxy groups -OCH3 is 2. The molecule has 0 fully saturated rings. The number of allylic oxidation sites excluding steroid dienone is 1. The van der Waals surface area contributed by atoms with Gasteiger partial charge < -0.3 is 9.47 Å². The largest absolute Gasteiger partial charge is 0.493 e. The van der Waals surface area contributed by atoms with Crippen LogP contribution in [0, 0.1) is 11.3 Å². The van der Waals surface area contributed by atoms with Crippen LogP contribution < -0.4 is 9.47 Å². The molecule has 0 N–H and O–H groups in total. The Labute approximate surface area is 141 Å². The van der Waals surface area contributed by atoms with E-state index in [-0.39, 0.29) is 0 Å². The number of hydrogen-bond acceptors (Lipinski definition) is 3. The van der Waals surface area contributed by atoms with Gasteiger partial charge in [-0.3, -0.25) is 0 Å². The Hall–Kier alpha value is -3.25. The van der Waals surface area contributed by atoms with Crippen LogP contribution in [0.1, 0.15) is 11.1 Å². The van der Waals surface area contributed by atoms with Gasteiger partial charge in [0, 0.05) is 5.56 Å². The van der Waals surface area contributed by atoms with Gasteiger partial charge in [0.1, 0.15) is 0 Å². The summed E-state index contributed by atoms with van der Waals surface area (Å²) >= 11 is 0. The summed E-state index contributed by atoms with van der Waals surface area (Å²) in [6.45, 7) is 0. The van der Waals surface area contributed by atoms with Crippen molar-refractivity contribution in [3.63, 3.8) is 0 Å². The first kappa shape index (κ1) is 15.6. The lowest BCUT2D eigenvalue weighted by molar-refractivity contribution is 0.354. The molecular weight excluding hydrogens is 298 g/mol. The Morgan fingerprint density at radius 3 is 2.42 bits per heavy atom. The number of rotatable bonds is 4. The number of ether oxygens (including phenoxy) is 2. The second kappa shape index (κ2) is 6.89. The fraction of sp³-hybridized carbons (Fsp3) is 0.0952. The van der Waals surface area contributed by atoms with E-state index < -0.39 is 0 Å². The first-order chi connectivity index (χ1) is 11.8. The van der Waals surface area contributed by atoms with Gasteiger partial charge in [0.05, 0.1) is 25.9 Å². The van der Waals surface area contributed by atoms with Crippen LogP contribution >= 0.6 is 0 Å². The maximum Gasteiger partial charge on any atom is 0.167 e. The van der Waals surface area contributed by atoms with Gasteiger partial charge in [-0.1, -0.05) is 48.5 Å². The lowest BCUT2D eigenvalue weighted by atomic mass is 10.00. The highest BCUT2D eigenvalue weighted by atomic mass is 16.5. The second-order valence-corrected chi connectivity index (χ2v) is 5.31. The van der Waals surface area contributed by atoms with Crippen LogP contribution in [0.15, 0.2) is 60.7 Å². The Kier molecular flexibility index (Phi) is 4.49. The van der Waals surface area contributed by atoms with Crippen LogP contribution in [0.2, 0.25) is 0 Å². The second-order valence-electron chi connectivity index (χ2n) is 5.31. The minimum atomic E-state index is 0.576. The van der Waals surface area contributed by atoms with E-state index in [1.807, 2.05) is 60.7 Å². The molecule has 0 bridgehead atoms. The summed E-state index contributed by atoms with van der Waals surface area (Å²) in [6, 6.07) is 22.0. The lowest BCUT2D eigenvalue weighted by Crippen LogP contribution is -1.93. The van der Waals surface area contributed by atoms with Gasteiger partial charge in [-0.05, 0) is 34.5 Å². The third-order valence-electron chi connectivity index (χ3n) is 3.91. The van der Waals surface area contributed by atoms with Gasteiger partial charge >= 0.3 is 0 Å². The monoisotopic (exact) mass is 315 g/mol. The molecule has 0 aromatic heterocycles. The van der Waals surface area contributed by atoms with Gasteiger partial charge in [-0.2, -0.15) is 5.26 Å². The fourth-order valence-electron chi connectivity index (χ4n) is 2.72. The summed E-state index contributed by atoms with van der Waals surface area (Å²) < 4.78 is 10.8. The molecule has 0 aliphatic rings. The summed E-state index contributed by atoms with van der Waals surface area (Å²) in [4.78, 5) is 0. The van der Waals surface area contributed by atoms with Crippen LogP contribution in [0.3, 0.4) is 0 Å². The third kappa shape index (κ3) is 2.95. The van der Waals surface area contributed by atoms with Crippen molar-refractivity contribution >= 4 is 22.4 Å². The van der Waals surface area contributed by atoms with Crippen molar-refractivity contribution < 1.29 is 9.47 Å². The molecule has 0 amide bonds. The minimum absolute atomic E-state index is 0.576. The van der Waals surface area contributed by atoms with Gasteiger partial charge in [0.15, 0.2) is 11.5 Å². The van der Waals surface area contributed by atoms with E-state index in [2.05, 4.69) is 12.1 Å². The molecule has 0 saturated carbocycles. The lowest BCUT2D eigenvalue weighted by Gasteiger charge is -2.10. The Morgan fingerprint density at radius 1 is 0.917 bits per heavy atom. The maximum atomic E-state index is 9.61. The van der Waals surface area contributed by atoms with Crippen molar-refractivity contribution in [2.45, 2.75) is 0 Å². The highest BCUT2D eigenvalue weighted by Crippen LogP contribution is 2.33. The summed E-state index contributed by atoms with van der Waals surface area (Å²) in [7, 11) is 3.19. The summed E-state index contributed by atoms with van der Waals surface area (Å²) in [6.07, 6.45) is 1.82. The van der Waals surface area contributed by atoms with E-state index in [9.17, 15) is 5.26 Å². The number of nitriles is 1. The minimum Gasteiger partial charge on any atom is -0.493 e. The third-order valence-corrected chi connectivity index (χ3v) is 3.91. The van der Waals surface area contributed by atoms with E-state index in [0.717, 1.165) is 21.9 Å². The standard InChI is InChI=1S/C21H17NO2/c1-23-20-9-5-8-18(21(20)24-2)13-19(14-22)17-11-10-15-6-3-4-7-16(15)12-17/h3-13H,1-2H3/b19-13-. The van der Waals surface area contributed by atoms with E-state index in [1.54, 1.807) is 14.2 Å². The Bertz CT molecular complexity index is 951. The van der Waals surface area contributed by atoms with E-state index in [4.69, 9.17) is 9.47 Å². The van der Waals surface area contributed by atoms with Crippen molar-refractivity contribution in [3.05, 3.63) is 71.8 Å². The number of para-hydroxylation sites is 1. The Balaban J connectivity index is 2.11. The molecule has 118 valence electrons. The molecule has 0 atom stereocenters. The van der Waals surface area contributed by atoms with Crippen molar-refractivity contribution in [2.75, 3.05) is 14.2 Å². The number of hydrogen-bond donors (Lipinski definition) is 0. The van der Waals surface area contributed by atoms with Crippen molar-refractivity contribution in [1.82, 2.24) is 0 Å². The molecule has 0 aliphatic heterocycles. The van der Waals surface area contributed by atoms with Crippen LogP contribution in [-0.4, -0.2) is 14.2 Å². The van der Waals surface area contributed by atoms with E-state index >= 15 is 0 Å². The summed E-state index contributed by atoms with van der Waals surface area (Å²) in [5, 5.41) is 11.9. The van der Waals surface area contributed by atoms with Crippen LogP contribution in [0.25, 0.3) is 22.4 Å². The number of nitrogens with zero attached hydrogens (tertiary/aromatic N) is 1. The van der Waals surface area contributed by atoms with Crippen molar-refractivity contribution in [3.8, 4) is 17.6 Å². The first-order valence-electron chi connectivity index (χ1n) is 7.59. The van der Waals surface area contributed by atoms with E-state index in [0.29, 0.717) is 17.1 Å². The predicted molar refractivity (Wildman–Crippen MR) is 97.0 cm³/mol. The molecule has 0 aliphatic carbocycles. The molecule has 0 saturated heterocycles. The molecule has 3 rings (SSSR count). The van der Waals surface area contributed by atoms with E-state index in [1.165, 1.54) is 0 Å². The fourth-order valence-corrected chi connectivity index (χ4v) is 2.72. The van der Waals surface area contributed by atoms with Crippen molar-refractivity contribution in [1.29, 1.82) is 5.26 Å². The zero-order valence-corrected chi connectivity index (χ0v) is 13.6. The average molecular weight is 315 g/mol. The molecule has 3 nitrogen and oxygen atoms in total. The predicted octanol–water partition coefficient (Wildman–Crippen LogP) is 4.92. The normalized spacial score (nSPS) is 11.1. The topological polar surface area (TPSA) is 42.2 Å². The average Bonchev–Trinajstić information content (AvgIpc) is 2.65. The smallest absolute Gasteiger partial charge is 0.167 e. The zero-order valence-electron chi connectivity index (χ0n) is 13.6. The van der Waals surface area contributed by atoms with Gasteiger partial charge in [-0.25, -0.2) is 0 Å². The highest BCUT2D eigenvalue weighted by molar-refractivity contribution is 5.95. The highest BCUT2D eigenvalue weighted by Gasteiger charge is 2.10. The molecule has 0 spiro atoms. The van der Waals surface area contributed by atoms with Gasteiger partial charge in [0.2, 0.25) is 0 Å².